The lowest BCUT2D eigenvalue weighted by Gasteiger charge is -2.16. The molecule has 0 amide bonds. The van der Waals surface area contributed by atoms with Crippen LogP contribution in [0.1, 0.15) is 19.4 Å². The summed E-state index contributed by atoms with van der Waals surface area (Å²) in [6.07, 6.45) is -0.434. The number of thiocarbonyl (C=S) groups is 1. The summed E-state index contributed by atoms with van der Waals surface area (Å²) in [6.45, 7) is 3.72. The first-order chi connectivity index (χ1) is 12.8. The number of benzene rings is 1. The highest BCUT2D eigenvalue weighted by atomic mass is 32.2. The summed E-state index contributed by atoms with van der Waals surface area (Å²) in [6, 6.07) is 6.17. The number of ether oxygens (including phenoxy) is 1. The number of nitro groups is 1. The van der Waals surface area contributed by atoms with Crippen molar-refractivity contribution < 1.29 is 28.1 Å². The van der Waals surface area contributed by atoms with Gasteiger partial charge in [-0.3, -0.25) is 19.5 Å². The number of thioether (sulfide) groups is 2. The van der Waals surface area contributed by atoms with E-state index in [2.05, 4.69) is 0 Å². The van der Waals surface area contributed by atoms with E-state index in [1.54, 1.807) is 26.0 Å². The van der Waals surface area contributed by atoms with Gasteiger partial charge in [0.2, 0.25) is 0 Å². The normalized spacial score (nSPS) is 11.2. The molecule has 27 heavy (non-hydrogen) atoms. The van der Waals surface area contributed by atoms with Crippen molar-refractivity contribution in [1.29, 1.82) is 0 Å². The first-order valence-corrected chi connectivity index (χ1v) is 12.0. The standard InChI is InChI=1S/C15H20NO7PS3/c1-3-22-24(20,23-4-2)11-21-14(17)10-27-15(25)26-9-12-5-7-13(8-6-12)16(18)19/h5-8H,3-4,9-11H2,1-2H3. The summed E-state index contributed by atoms with van der Waals surface area (Å²) in [5.41, 5.74) is 0.908. The Balaban J connectivity index is 2.33. The van der Waals surface area contributed by atoms with Crippen LogP contribution in [0.2, 0.25) is 0 Å². The third-order valence-corrected chi connectivity index (χ3v) is 7.34. The van der Waals surface area contributed by atoms with Crippen molar-refractivity contribution in [3.63, 3.8) is 0 Å². The molecular formula is C15H20NO7PS3. The summed E-state index contributed by atoms with van der Waals surface area (Å²) in [5, 5.41) is 10.6. The minimum absolute atomic E-state index is 0.0235. The highest BCUT2D eigenvalue weighted by Crippen LogP contribution is 2.47. The van der Waals surface area contributed by atoms with Crippen LogP contribution in [-0.2, 0) is 28.9 Å². The van der Waals surface area contributed by atoms with Crippen LogP contribution in [-0.4, -0.2) is 39.7 Å². The van der Waals surface area contributed by atoms with Gasteiger partial charge in [-0.1, -0.05) is 36.1 Å². The molecule has 0 unspecified atom stereocenters. The summed E-state index contributed by atoms with van der Waals surface area (Å²) >= 11 is 7.65. The van der Waals surface area contributed by atoms with Crippen LogP contribution in [0.15, 0.2) is 24.3 Å². The predicted octanol–water partition coefficient (Wildman–Crippen LogP) is 4.61. The number of hydrogen-bond donors (Lipinski definition) is 0. The smallest absolute Gasteiger partial charge is 0.367 e. The second kappa shape index (κ2) is 12.5. The SMILES string of the molecule is CCOP(=O)(COC(=O)CSC(=S)SCc1ccc([N+](=O)[O-])cc1)OCC. The number of carbonyl (C=O) groups is 1. The maximum Gasteiger partial charge on any atom is 0.367 e. The lowest BCUT2D eigenvalue weighted by molar-refractivity contribution is -0.384. The fourth-order valence-corrected chi connectivity index (χ4v) is 4.86. The fraction of sp³-hybridized carbons (Fsp3) is 0.467. The first kappa shape index (κ1) is 24.1. The van der Waals surface area contributed by atoms with Gasteiger partial charge < -0.3 is 13.8 Å². The van der Waals surface area contributed by atoms with Gasteiger partial charge in [0.05, 0.1) is 23.9 Å². The third-order valence-electron chi connectivity index (χ3n) is 2.85. The monoisotopic (exact) mass is 453 g/mol. The van der Waals surface area contributed by atoms with E-state index in [0.717, 1.165) is 17.3 Å². The minimum atomic E-state index is -3.42. The number of rotatable bonds is 11. The van der Waals surface area contributed by atoms with Crippen LogP contribution in [0.3, 0.4) is 0 Å². The molecule has 0 radical (unpaired) electrons. The van der Waals surface area contributed by atoms with Gasteiger partial charge >= 0.3 is 13.6 Å². The van der Waals surface area contributed by atoms with E-state index in [9.17, 15) is 19.5 Å². The van der Waals surface area contributed by atoms with Crippen LogP contribution in [0.25, 0.3) is 0 Å². The molecular weight excluding hydrogens is 433 g/mol. The molecule has 0 spiro atoms. The van der Waals surface area contributed by atoms with E-state index in [1.165, 1.54) is 23.9 Å². The zero-order valence-corrected chi connectivity index (χ0v) is 18.2. The Bertz CT molecular complexity index is 689. The Labute approximate surface area is 171 Å². The summed E-state index contributed by atoms with van der Waals surface area (Å²) in [5.74, 6) is -0.0643. The Morgan fingerprint density at radius 3 is 2.30 bits per heavy atom. The van der Waals surface area contributed by atoms with Gasteiger partial charge in [0, 0.05) is 17.9 Å². The summed E-state index contributed by atoms with van der Waals surface area (Å²) < 4.78 is 27.7. The Morgan fingerprint density at radius 1 is 1.19 bits per heavy atom. The van der Waals surface area contributed by atoms with Gasteiger partial charge in [-0.25, -0.2) is 0 Å². The highest BCUT2D eigenvalue weighted by molar-refractivity contribution is 8.47. The van der Waals surface area contributed by atoms with E-state index in [-0.39, 0.29) is 24.7 Å². The molecule has 0 heterocycles. The van der Waals surface area contributed by atoms with Crippen molar-refractivity contribution in [2.45, 2.75) is 19.6 Å². The van der Waals surface area contributed by atoms with Gasteiger partial charge in [0.25, 0.3) is 5.69 Å². The highest BCUT2D eigenvalue weighted by Gasteiger charge is 2.26. The van der Waals surface area contributed by atoms with E-state index in [1.807, 2.05) is 0 Å². The molecule has 0 bridgehead atoms. The Morgan fingerprint density at radius 2 is 1.78 bits per heavy atom. The molecule has 1 aromatic rings. The fourth-order valence-electron chi connectivity index (χ4n) is 1.71. The van der Waals surface area contributed by atoms with Gasteiger partial charge in [-0.05, 0) is 19.4 Å². The van der Waals surface area contributed by atoms with Crippen LogP contribution in [0.5, 0.6) is 0 Å². The number of hydrogen-bond acceptors (Lipinski definition) is 10. The van der Waals surface area contributed by atoms with Crippen molar-refractivity contribution in [2.75, 3.05) is 25.3 Å². The molecule has 12 heteroatoms. The molecule has 0 aliphatic rings. The van der Waals surface area contributed by atoms with Crippen LogP contribution < -0.4 is 0 Å². The maximum atomic E-state index is 12.2. The summed E-state index contributed by atoms with van der Waals surface area (Å²) in [4.78, 5) is 21.9. The number of nitrogens with zero attached hydrogens (tertiary/aromatic N) is 1. The van der Waals surface area contributed by atoms with Gasteiger partial charge in [-0.2, -0.15) is 0 Å². The average molecular weight is 454 g/mol. The topological polar surface area (TPSA) is 105 Å². The van der Waals surface area contributed by atoms with E-state index < -0.39 is 24.8 Å². The molecule has 8 nitrogen and oxygen atoms in total. The second-order valence-corrected chi connectivity index (χ2v) is 9.99. The molecule has 0 atom stereocenters. The molecule has 0 fully saturated rings. The molecule has 0 N–H and O–H groups in total. The Hall–Kier alpha value is -0.970. The number of esters is 1. The van der Waals surface area contributed by atoms with E-state index in [4.69, 9.17) is 26.0 Å². The Kier molecular flexibility index (Phi) is 11.1. The largest absolute Gasteiger partial charge is 0.452 e. The van der Waals surface area contributed by atoms with Gasteiger partial charge in [0.1, 0.15) is 3.53 Å². The van der Waals surface area contributed by atoms with Gasteiger partial charge in [-0.15, -0.1) is 11.8 Å². The second-order valence-electron chi connectivity index (χ2n) is 4.84. The van der Waals surface area contributed by atoms with Crippen LogP contribution in [0.4, 0.5) is 5.69 Å². The summed E-state index contributed by atoms with van der Waals surface area (Å²) in [7, 11) is -3.42. The van der Waals surface area contributed by atoms with Crippen LogP contribution >= 0.6 is 43.3 Å². The van der Waals surface area contributed by atoms with Crippen molar-refractivity contribution in [3.05, 3.63) is 39.9 Å². The predicted molar refractivity (Wildman–Crippen MR) is 111 cm³/mol. The average Bonchev–Trinajstić information content (AvgIpc) is 2.64. The van der Waals surface area contributed by atoms with E-state index in [0.29, 0.717) is 9.28 Å². The first-order valence-electron chi connectivity index (χ1n) is 7.86. The lowest BCUT2D eigenvalue weighted by Crippen LogP contribution is -2.12. The molecule has 1 aromatic carbocycles. The zero-order chi connectivity index (χ0) is 20.3. The maximum absolute atomic E-state index is 12.2. The molecule has 1 rings (SSSR count). The lowest BCUT2D eigenvalue weighted by atomic mass is 10.2. The number of nitro benzene ring substituents is 1. The number of non-ortho nitro benzene ring substituents is 1. The molecule has 0 saturated carbocycles. The molecule has 0 saturated heterocycles. The van der Waals surface area contributed by atoms with Crippen molar-refractivity contribution in [2.24, 2.45) is 0 Å². The zero-order valence-electron chi connectivity index (χ0n) is 14.8. The molecule has 0 aliphatic heterocycles. The van der Waals surface area contributed by atoms with E-state index >= 15 is 0 Å². The van der Waals surface area contributed by atoms with Crippen LogP contribution in [0, 0.1) is 10.1 Å². The third kappa shape index (κ3) is 9.68. The quantitative estimate of drug-likeness (QED) is 0.155. The minimum Gasteiger partial charge on any atom is -0.452 e. The molecule has 150 valence electrons. The molecule has 0 aromatic heterocycles. The molecule has 0 aliphatic carbocycles. The van der Waals surface area contributed by atoms with Gasteiger partial charge in [0.15, 0.2) is 6.35 Å². The van der Waals surface area contributed by atoms with Crippen molar-refractivity contribution >= 4 is 58.5 Å². The van der Waals surface area contributed by atoms with Crippen molar-refractivity contribution in [1.82, 2.24) is 0 Å². The number of carbonyl (C=O) groups excluding carboxylic acids is 1. The van der Waals surface area contributed by atoms with Crippen molar-refractivity contribution in [3.8, 4) is 0 Å².